The van der Waals surface area contributed by atoms with Crippen molar-refractivity contribution in [3.63, 3.8) is 0 Å². The lowest BCUT2D eigenvalue weighted by Crippen LogP contribution is -2.45. The number of hydrogen-bond donors (Lipinski definition) is 1. The highest BCUT2D eigenvalue weighted by molar-refractivity contribution is 5.73. The zero-order chi connectivity index (χ0) is 20.1. The molecular formula is C20H23FN4O3. The minimum Gasteiger partial charge on any atom is -0.369 e. The van der Waals surface area contributed by atoms with E-state index in [0.717, 1.165) is 37.4 Å². The first-order chi connectivity index (χ1) is 13.4. The second kappa shape index (κ2) is 8.79. The maximum Gasteiger partial charge on any atom is 0.274 e. The first kappa shape index (κ1) is 19.8. The lowest BCUT2D eigenvalue weighted by atomic mass is 10.1. The molecule has 148 valence electrons. The van der Waals surface area contributed by atoms with Crippen LogP contribution in [0.1, 0.15) is 18.1 Å². The molecule has 1 fully saturated rings. The molecule has 0 atom stereocenters. The van der Waals surface area contributed by atoms with Crippen molar-refractivity contribution in [1.82, 2.24) is 10.2 Å². The lowest BCUT2D eigenvalue weighted by Gasteiger charge is -2.36. The predicted molar refractivity (Wildman–Crippen MR) is 105 cm³/mol. The molecule has 0 saturated carbocycles. The standard InChI is InChI=1S/C20H23FN4O3/c1-15(26)22-13-17-3-2-16(12-20(17)25(27)28)14-23-8-10-24(11-9-23)19-6-4-18(21)5-7-19/h2-7,12H,8-11,13-14H2,1H3,(H,22,26). The third-order valence-electron chi connectivity index (χ3n) is 4.84. The quantitative estimate of drug-likeness (QED) is 0.610. The number of anilines is 1. The Morgan fingerprint density at radius 1 is 1.14 bits per heavy atom. The molecule has 8 heteroatoms. The molecule has 1 saturated heterocycles. The number of carbonyl (C=O) groups is 1. The normalized spacial score (nSPS) is 14.7. The highest BCUT2D eigenvalue weighted by Crippen LogP contribution is 2.23. The van der Waals surface area contributed by atoms with Crippen LogP contribution in [0.2, 0.25) is 0 Å². The molecule has 3 rings (SSSR count). The summed E-state index contributed by atoms with van der Waals surface area (Å²) in [6, 6.07) is 11.6. The number of benzene rings is 2. The topological polar surface area (TPSA) is 78.7 Å². The van der Waals surface area contributed by atoms with Gasteiger partial charge in [0.25, 0.3) is 5.69 Å². The summed E-state index contributed by atoms with van der Waals surface area (Å²) in [6.45, 7) is 5.41. The fraction of sp³-hybridized carbons (Fsp3) is 0.350. The van der Waals surface area contributed by atoms with E-state index in [1.807, 2.05) is 6.07 Å². The Kier molecular flexibility index (Phi) is 6.20. The van der Waals surface area contributed by atoms with Gasteiger partial charge in [-0.25, -0.2) is 4.39 Å². The molecule has 1 N–H and O–H groups in total. The van der Waals surface area contributed by atoms with E-state index in [-0.39, 0.29) is 24.0 Å². The highest BCUT2D eigenvalue weighted by Gasteiger charge is 2.20. The Morgan fingerprint density at radius 3 is 2.43 bits per heavy atom. The number of carbonyl (C=O) groups excluding carboxylic acids is 1. The average molecular weight is 386 g/mol. The molecule has 0 radical (unpaired) electrons. The van der Waals surface area contributed by atoms with Crippen molar-refractivity contribution in [2.45, 2.75) is 20.0 Å². The van der Waals surface area contributed by atoms with Gasteiger partial charge in [0.05, 0.1) is 4.92 Å². The van der Waals surface area contributed by atoms with Crippen LogP contribution in [0, 0.1) is 15.9 Å². The molecule has 0 spiro atoms. The van der Waals surface area contributed by atoms with Gasteiger partial charge in [0.1, 0.15) is 5.82 Å². The molecule has 2 aromatic carbocycles. The van der Waals surface area contributed by atoms with Crippen LogP contribution >= 0.6 is 0 Å². The van der Waals surface area contributed by atoms with Crippen LogP contribution in [0.3, 0.4) is 0 Å². The number of nitro benzene ring substituents is 1. The molecular weight excluding hydrogens is 363 g/mol. The zero-order valence-electron chi connectivity index (χ0n) is 15.7. The molecule has 1 aliphatic heterocycles. The second-order valence-electron chi connectivity index (χ2n) is 6.87. The summed E-state index contributed by atoms with van der Waals surface area (Å²) >= 11 is 0. The molecule has 1 amide bonds. The smallest absolute Gasteiger partial charge is 0.274 e. The molecule has 7 nitrogen and oxygen atoms in total. The minimum absolute atomic E-state index is 0.0243. The summed E-state index contributed by atoms with van der Waals surface area (Å²) in [6.07, 6.45) is 0. The molecule has 0 bridgehead atoms. The molecule has 2 aromatic rings. The van der Waals surface area contributed by atoms with Crippen molar-refractivity contribution < 1.29 is 14.1 Å². The number of nitrogens with zero attached hydrogens (tertiary/aromatic N) is 3. The van der Waals surface area contributed by atoms with E-state index in [9.17, 15) is 19.3 Å². The van der Waals surface area contributed by atoms with Crippen molar-refractivity contribution >= 4 is 17.3 Å². The third-order valence-corrected chi connectivity index (χ3v) is 4.84. The Bertz CT molecular complexity index is 849. The Balaban J connectivity index is 1.61. The van der Waals surface area contributed by atoms with Gasteiger partial charge in [0.15, 0.2) is 0 Å². The van der Waals surface area contributed by atoms with Gasteiger partial charge in [-0.2, -0.15) is 0 Å². The van der Waals surface area contributed by atoms with E-state index in [4.69, 9.17) is 0 Å². The van der Waals surface area contributed by atoms with Crippen molar-refractivity contribution in [2.24, 2.45) is 0 Å². The second-order valence-corrected chi connectivity index (χ2v) is 6.87. The number of nitro groups is 1. The van der Waals surface area contributed by atoms with Crippen LogP contribution < -0.4 is 10.2 Å². The SMILES string of the molecule is CC(=O)NCc1ccc(CN2CCN(c3ccc(F)cc3)CC2)cc1[N+](=O)[O-]. The van der Waals surface area contributed by atoms with E-state index < -0.39 is 4.92 Å². The van der Waals surface area contributed by atoms with Gasteiger partial charge in [-0.15, -0.1) is 0 Å². The monoisotopic (exact) mass is 386 g/mol. The summed E-state index contributed by atoms with van der Waals surface area (Å²) in [5.74, 6) is -0.469. The van der Waals surface area contributed by atoms with Crippen LogP contribution in [0.4, 0.5) is 15.8 Å². The maximum atomic E-state index is 13.1. The summed E-state index contributed by atoms with van der Waals surface area (Å²) in [7, 11) is 0. The fourth-order valence-electron chi connectivity index (χ4n) is 3.32. The van der Waals surface area contributed by atoms with E-state index in [2.05, 4.69) is 15.1 Å². The van der Waals surface area contributed by atoms with Crippen LogP contribution in [0.25, 0.3) is 0 Å². The molecule has 0 aromatic heterocycles. The van der Waals surface area contributed by atoms with E-state index in [1.54, 1.807) is 24.3 Å². The van der Waals surface area contributed by atoms with E-state index >= 15 is 0 Å². The first-order valence-electron chi connectivity index (χ1n) is 9.16. The Hall–Kier alpha value is -3.00. The van der Waals surface area contributed by atoms with Crippen molar-refractivity contribution in [3.05, 3.63) is 69.5 Å². The molecule has 0 aliphatic carbocycles. The van der Waals surface area contributed by atoms with Gasteiger partial charge in [-0.05, 0) is 29.8 Å². The van der Waals surface area contributed by atoms with Crippen molar-refractivity contribution in [1.29, 1.82) is 0 Å². The summed E-state index contributed by atoms with van der Waals surface area (Å²) < 4.78 is 13.1. The molecule has 1 aliphatic rings. The van der Waals surface area contributed by atoms with E-state index in [0.29, 0.717) is 12.1 Å². The Morgan fingerprint density at radius 2 is 1.82 bits per heavy atom. The van der Waals surface area contributed by atoms with Crippen LogP contribution in [-0.2, 0) is 17.9 Å². The largest absolute Gasteiger partial charge is 0.369 e. The van der Waals surface area contributed by atoms with Crippen LogP contribution in [-0.4, -0.2) is 41.9 Å². The molecule has 28 heavy (non-hydrogen) atoms. The van der Waals surface area contributed by atoms with E-state index in [1.165, 1.54) is 19.1 Å². The van der Waals surface area contributed by atoms with Gasteiger partial charge < -0.3 is 10.2 Å². The number of rotatable bonds is 6. The number of amides is 1. The van der Waals surface area contributed by atoms with Crippen LogP contribution in [0.5, 0.6) is 0 Å². The van der Waals surface area contributed by atoms with Gasteiger partial charge >= 0.3 is 0 Å². The van der Waals surface area contributed by atoms with Gasteiger partial charge in [-0.3, -0.25) is 19.8 Å². The van der Waals surface area contributed by atoms with Crippen LogP contribution in [0.15, 0.2) is 42.5 Å². The Labute approximate surface area is 162 Å². The first-order valence-corrected chi connectivity index (χ1v) is 9.16. The summed E-state index contributed by atoms with van der Waals surface area (Å²) in [5, 5.41) is 14.0. The van der Waals surface area contributed by atoms with Crippen molar-refractivity contribution in [3.8, 4) is 0 Å². The van der Waals surface area contributed by atoms with Gasteiger partial charge in [0, 0.05) is 63.5 Å². The van der Waals surface area contributed by atoms with Gasteiger partial charge in [0.2, 0.25) is 5.91 Å². The highest BCUT2D eigenvalue weighted by atomic mass is 19.1. The maximum absolute atomic E-state index is 13.1. The summed E-state index contributed by atoms with van der Waals surface area (Å²) in [5.41, 5.74) is 2.38. The minimum atomic E-state index is -0.410. The number of nitrogens with one attached hydrogen (secondary N) is 1. The van der Waals surface area contributed by atoms with Gasteiger partial charge in [-0.1, -0.05) is 12.1 Å². The predicted octanol–water partition coefficient (Wildman–Crippen LogP) is 2.69. The molecule has 1 heterocycles. The summed E-state index contributed by atoms with van der Waals surface area (Å²) in [4.78, 5) is 26.5. The number of halogens is 1. The number of piperazine rings is 1. The third kappa shape index (κ3) is 5.04. The number of hydrogen-bond acceptors (Lipinski definition) is 5. The fourth-order valence-corrected chi connectivity index (χ4v) is 3.32. The zero-order valence-corrected chi connectivity index (χ0v) is 15.7. The average Bonchev–Trinajstić information content (AvgIpc) is 2.68. The van der Waals surface area contributed by atoms with Crippen molar-refractivity contribution in [2.75, 3.05) is 31.1 Å². The lowest BCUT2D eigenvalue weighted by molar-refractivity contribution is -0.385. The molecule has 0 unspecified atom stereocenters.